The lowest BCUT2D eigenvalue weighted by molar-refractivity contribution is 0.195. The van der Waals surface area contributed by atoms with Gasteiger partial charge in [-0.3, -0.25) is 0 Å². The van der Waals surface area contributed by atoms with Crippen molar-refractivity contribution in [3.8, 4) is 0 Å². The van der Waals surface area contributed by atoms with Crippen LogP contribution in [-0.2, 0) is 5.75 Å². The maximum absolute atomic E-state index is 13.9. The Kier molecular flexibility index (Phi) is 4.61. The van der Waals surface area contributed by atoms with E-state index in [4.69, 9.17) is 0 Å². The number of thioether (sulfide) groups is 1. The molecule has 0 fully saturated rings. The number of aliphatic hydroxyl groups is 1. The summed E-state index contributed by atoms with van der Waals surface area (Å²) in [6.07, 6.45) is -0.657. The largest absolute Gasteiger partial charge is 0.389 e. The first-order chi connectivity index (χ1) is 9.08. The fourth-order valence-corrected chi connectivity index (χ4v) is 3.07. The summed E-state index contributed by atoms with van der Waals surface area (Å²) >= 11 is 1.43. The molecule has 2 aromatic carbocycles. The van der Waals surface area contributed by atoms with Crippen LogP contribution in [0.1, 0.15) is 29.7 Å². The Balaban J connectivity index is 2.19. The molecule has 0 saturated heterocycles. The van der Waals surface area contributed by atoms with E-state index in [1.807, 2.05) is 25.1 Å². The molecule has 0 aliphatic rings. The third-order valence-corrected chi connectivity index (χ3v) is 4.11. The maximum atomic E-state index is 13.9. The van der Waals surface area contributed by atoms with Gasteiger partial charge in [0.2, 0.25) is 0 Å². The van der Waals surface area contributed by atoms with Gasteiger partial charge < -0.3 is 5.11 Å². The van der Waals surface area contributed by atoms with Crippen LogP contribution in [0, 0.1) is 12.7 Å². The standard InChI is InChI=1S/C16H17FOS/c1-11-5-3-6-13(9-11)10-19-16-14(12(2)18)7-4-8-15(16)17/h3-9,12,18H,10H2,1-2H3/t12-/m1/s1. The van der Waals surface area contributed by atoms with Crippen LogP contribution in [0.3, 0.4) is 0 Å². The van der Waals surface area contributed by atoms with Gasteiger partial charge in [-0.1, -0.05) is 42.0 Å². The highest BCUT2D eigenvalue weighted by Gasteiger charge is 2.12. The zero-order valence-electron chi connectivity index (χ0n) is 11.1. The second-order valence-electron chi connectivity index (χ2n) is 4.61. The molecule has 0 saturated carbocycles. The van der Waals surface area contributed by atoms with E-state index in [9.17, 15) is 9.50 Å². The topological polar surface area (TPSA) is 20.2 Å². The molecule has 0 amide bonds. The summed E-state index contributed by atoms with van der Waals surface area (Å²) in [4.78, 5) is 0.541. The minimum atomic E-state index is -0.657. The average Bonchev–Trinajstić information content (AvgIpc) is 2.37. The van der Waals surface area contributed by atoms with E-state index >= 15 is 0 Å². The van der Waals surface area contributed by atoms with E-state index in [1.165, 1.54) is 23.4 Å². The third-order valence-electron chi connectivity index (χ3n) is 2.91. The molecule has 0 bridgehead atoms. The smallest absolute Gasteiger partial charge is 0.137 e. The highest BCUT2D eigenvalue weighted by Crippen LogP contribution is 2.32. The van der Waals surface area contributed by atoms with Gasteiger partial charge in [-0.15, -0.1) is 11.8 Å². The van der Waals surface area contributed by atoms with Gasteiger partial charge in [-0.2, -0.15) is 0 Å². The number of hydrogen-bond donors (Lipinski definition) is 1. The van der Waals surface area contributed by atoms with Crippen molar-refractivity contribution in [2.45, 2.75) is 30.6 Å². The van der Waals surface area contributed by atoms with Crippen molar-refractivity contribution in [2.24, 2.45) is 0 Å². The summed E-state index contributed by atoms with van der Waals surface area (Å²) in [7, 11) is 0. The van der Waals surface area contributed by atoms with E-state index in [-0.39, 0.29) is 5.82 Å². The van der Waals surface area contributed by atoms with Gasteiger partial charge in [0.15, 0.2) is 0 Å². The monoisotopic (exact) mass is 276 g/mol. The molecule has 0 spiro atoms. The third kappa shape index (κ3) is 3.58. The molecule has 0 heterocycles. The molecule has 0 aliphatic carbocycles. The van der Waals surface area contributed by atoms with Gasteiger partial charge in [0.1, 0.15) is 5.82 Å². The van der Waals surface area contributed by atoms with Crippen LogP contribution in [-0.4, -0.2) is 5.11 Å². The Labute approximate surface area is 117 Å². The Morgan fingerprint density at radius 1 is 1.21 bits per heavy atom. The fourth-order valence-electron chi connectivity index (χ4n) is 1.96. The molecule has 2 rings (SSSR count). The van der Waals surface area contributed by atoms with Gasteiger partial charge in [0.05, 0.1) is 6.10 Å². The van der Waals surface area contributed by atoms with Crippen LogP contribution < -0.4 is 0 Å². The van der Waals surface area contributed by atoms with E-state index < -0.39 is 6.10 Å². The molecule has 100 valence electrons. The quantitative estimate of drug-likeness (QED) is 0.831. The summed E-state index contributed by atoms with van der Waals surface area (Å²) in [5.74, 6) is 0.429. The molecule has 1 N–H and O–H groups in total. The van der Waals surface area contributed by atoms with Crippen molar-refractivity contribution < 1.29 is 9.50 Å². The Hall–Kier alpha value is -1.32. The molecule has 3 heteroatoms. The summed E-state index contributed by atoms with van der Waals surface area (Å²) in [5, 5.41) is 9.69. The number of aryl methyl sites for hydroxylation is 1. The second kappa shape index (κ2) is 6.22. The second-order valence-corrected chi connectivity index (χ2v) is 5.60. The fraction of sp³-hybridized carbons (Fsp3) is 0.250. The molecular weight excluding hydrogens is 259 g/mol. The summed E-state index contributed by atoms with van der Waals surface area (Å²) in [6.45, 7) is 3.70. The van der Waals surface area contributed by atoms with Crippen molar-refractivity contribution in [2.75, 3.05) is 0 Å². The Morgan fingerprint density at radius 3 is 2.63 bits per heavy atom. The summed E-state index contributed by atoms with van der Waals surface area (Å²) < 4.78 is 13.9. The molecule has 19 heavy (non-hydrogen) atoms. The van der Waals surface area contributed by atoms with Crippen LogP contribution in [0.5, 0.6) is 0 Å². The Morgan fingerprint density at radius 2 is 1.95 bits per heavy atom. The maximum Gasteiger partial charge on any atom is 0.137 e. The van der Waals surface area contributed by atoms with Crippen molar-refractivity contribution in [1.29, 1.82) is 0 Å². The number of benzene rings is 2. The van der Waals surface area contributed by atoms with Crippen LogP contribution in [0.2, 0.25) is 0 Å². The highest BCUT2D eigenvalue weighted by atomic mass is 32.2. The van der Waals surface area contributed by atoms with Crippen LogP contribution in [0.15, 0.2) is 47.4 Å². The van der Waals surface area contributed by atoms with E-state index in [2.05, 4.69) is 6.07 Å². The van der Waals surface area contributed by atoms with Crippen molar-refractivity contribution in [1.82, 2.24) is 0 Å². The van der Waals surface area contributed by atoms with Gasteiger partial charge >= 0.3 is 0 Å². The number of halogens is 1. The van der Waals surface area contributed by atoms with E-state index in [0.717, 1.165) is 5.56 Å². The lowest BCUT2D eigenvalue weighted by atomic mass is 10.1. The molecule has 1 atom stereocenters. The average molecular weight is 276 g/mol. The van der Waals surface area contributed by atoms with Crippen LogP contribution in [0.4, 0.5) is 4.39 Å². The summed E-state index contributed by atoms with van der Waals surface area (Å²) in [6, 6.07) is 13.0. The molecule has 0 aliphatic heterocycles. The Bertz CT molecular complexity index is 566. The highest BCUT2D eigenvalue weighted by molar-refractivity contribution is 7.98. The zero-order chi connectivity index (χ0) is 13.8. The van der Waals surface area contributed by atoms with Gasteiger partial charge in [0.25, 0.3) is 0 Å². The number of aliphatic hydroxyl groups excluding tert-OH is 1. The first-order valence-electron chi connectivity index (χ1n) is 6.22. The molecular formula is C16H17FOS. The van der Waals surface area contributed by atoms with Crippen LogP contribution >= 0.6 is 11.8 Å². The predicted octanol–water partition coefficient (Wildman–Crippen LogP) is 4.48. The van der Waals surface area contributed by atoms with Crippen molar-refractivity contribution in [3.63, 3.8) is 0 Å². The lowest BCUT2D eigenvalue weighted by Crippen LogP contribution is -1.97. The number of hydrogen-bond acceptors (Lipinski definition) is 2. The van der Waals surface area contributed by atoms with Crippen molar-refractivity contribution in [3.05, 3.63) is 65.0 Å². The molecule has 2 aromatic rings. The SMILES string of the molecule is Cc1cccc(CSc2c(F)cccc2[C@@H](C)O)c1. The minimum Gasteiger partial charge on any atom is -0.389 e. The van der Waals surface area contributed by atoms with E-state index in [1.54, 1.807) is 19.1 Å². The van der Waals surface area contributed by atoms with Gasteiger partial charge in [-0.05, 0) is 31.0 Å². The number of rotatable bonds is 4. The first kappa shape index (κ1) is 14.1. The normalized spacial score (nSPS) is 12.4. The summed E-state index contributed by atoms with van der Waals surface area (Å²) in [5.41, 5.74) is 3.00. The van der Waals surface area contributed by atoms with Crippen molar-refractivity contribution >= 4 is 11.8 Å². The lowest BCUT2D eigenvalue weighted by Gasteiger charge is -2.12. The van der Waals surface area contributed by atoms with Gasteiger partial charge in [-0.25, -0.2) is 4.39 Å². The van der Waals surface area contributed by atoms with Gasteiger partial charge in [0, 0.05) is 10.6 Å². The molecule has 1 nitrogen and oxygen atoms in total. The molecule has 0 aromatic heterocycles. The molecule has 0 unspecified atom stereocenters. The molecule has 0 radical (unpaired) electrons. The zero-order valence-corrected chi connectivity index (χ0v) is 11.9. The van der Waals surface area contributed by atoms with E-state index in [0.29, 0.717) is 16.2 Å². The minimum absolute atomic E-state index is 0.268. The predicted molar refractivity (Wildman–Crippen MR) is 77.8 cm³/mol. The van der Waals surface area contributed by atoms with Crippen LogP contribution in [0.25, 0.3) is 0 Å². The first-order valence-corrected chi connectivity index (χ1v) is 7.21.